The minimum absolute atomic E-state index is 0.0840. The molecule has 0 bridgehead atoms. The fraction of sp³-hybridized carbons (Fsp3) is 0.294. The van der Waals surface area contributed by atoms with Crippen LogP contribution < -0.4 is 9.47 Å². The van der Waals surface area contributed by atoms with E-state index in [0.29, 0.717) is 26.2 Å². The number of hydrogen-bond acceptors (Lipinski definition) is 5. The molecule has 0 saturated heterocycles. The van der Waals surface area contributed by atoms with Crippen molar-refractivity contribution in [3.63, 3.8) is 0 Å². The molecule has 0 radical (unpaired) electrons. The first kappa shape index (κ1) is 20.5. The summed E-state index contributed by atoms with van der Waals surface area (Å²) in [7, 11) is -0.158. The molecule has 0 aliphatic rings. The maximum Gasteiger partial charge on any atom is 0.208 e. The van der Waals surface area contributed by atoms with Gasteiger partial charge in [-0.2, -0.15) is 0 Å². The minimum Gasteiger partial charge on any atom is -0.508 e. The Labute approximate surface area is 165 Å². The maximum atomic E-state index is 9.92. The maximum absolute atomic E-state index is 9.92. The third-order valence-corrected chi connectivity index (χ3v) is 5.31. The van der Waals surface area contributed by atoms with Gasteiger partial charge in [-0.15, -0.1) is 0 Å². The van der Waals surface area contributed by atoms with Gasteiger partial charge in [0.05, 0.1) is 8.95 Å². The average molecular weight is 494 g/mol. The van der Waals surface area contributed by atoms with E-state index in [-0.39, 0.29) is 18.0 Å². The molecule has 0 spiro atoms. The number of halogens is 2. The van der Waals surface area contributed by atoms with E-state index in [0.717, 1.165) is 5.56 Å². The fourth-order valence-electron chi connectivity index (χ4n) is 2.08. The van der Waals surface area contributed by atoms with Crippen LogP contribution in [0.5, 0.6) is 23.0 Å². The quantitative estimate of drug-likeness (QED) is 0.455. The molecule has 5 nitrogen and oxygen atoms in total. The fourth-order valence-corrected chi connectivity index (χ4v) is 3.75. The normalized spacial score (nSPS) is 12.3. The summed E-state index contributed by atoms with van der Waals surface area (Å²) in [6.07, 6.45) is 0.0840. The van der Waals surface area contributed by atoms with Gasteiger partial charge in [-0.3, -0.25) is 0 Å². The lowest BCUT2D eigenvalue weighted by molar-refractivity contribution is 0.320. The van der Waals surface area contributed by atoms with Gasteiger partial charge in [0.15, 0.2) is 12.1 Å². The van der Waals surface area contributed by atoms with Crippen molar-refractivity contribution in [2.24, 2.45) is 0 Å². The molecule has 25 heavy (non-hydrogen) atoms. The van der Waals surface area contributed by atoms with Gasteiger partial charge in [0, 0.05) is 12.7 Å². The van der Waals surface area contributed by atoms with E-state index in [1.54, 1.807) is 24.3 Å². The Hall–Kier alpha value is -0.850. The summed E-state index contributed by atoms with van der Waals surface area (Å²) < 4.78 is 17.6. The van der Waals surface area contributed by atoms with E-state index in [9.17, 15) is 10.00 Å². The van der Waals surface area contributed by atoms with Crippen LogP contribution in [0.4, 0.5) is 0 Å². The summed E-state index contributed by atoms with van der Waals surface area (Å²) in [5.74, 6) is 2.21. The minimum atomic E-state index is -1.59. The van der Waals surface area contributed by atoms with Crippen LogP contribution in [0.15, 0.2) is 39.3 Å². The van der Waals surface area contributed by atoms with E-state index in [4.69, 9.17) is 14.0 Å². The molecule has 0 heterocycles. The SMILES string of the molecule is COP(O)COc1cc(Br)c(Oc2ccc(O)c(C(C)C)c2)c(Br)c1. The molecule has 8 heteroatoms. The molecule has 0 amide bonds. The van der Waals surface area contributed by atoms with E-state index >= 15 is 0 Å². The predicted octanol–water partition coefficient (Wildman–Crippen LogP) is 6.12. The Morgan fingerprint density at radius 2 is 1.72 bits per heavy atom. The van der Waals surface area contributed by atoms with Crippen molar-refractivity contribution in [2.45, 2.75) is 19.8 Å². The zero-order valence-electron chi connectivity index (χ0n) is 14.0. The number of phenolic OH excluding ortho intramolecular Hbond substituents is 1. The lowest BCUT2D eigenvalue weighted by atomic mass is 10.0. The Morgan fingerprint density at radius 3 is 2.28 bits per heavy atom. The summed E-state index contributed by atoms with van der Waals surface area (Å²) >= 11 is 6.94. The van der Waals surface area contributed by atoms with E-state index < -0.39 is 8.38 Å². The van der Waals surface area contributed by atoms with Gasteiger partial charge >= 0.3 is 0 Å². The molecule has 2 N–H and O–H groups in total. The average Bonchev–Trinajstić information content (AvgIpc) is 2.57. The topological polar surface area (TPSA) is 68.2 Å². The highest BCUT2D eigenvalue weighted by molar-refractivity contribution is 9.11. The van der Waals surface area contributed by atoms with Crippen molar-refractivity contribution in [1.29, 1.82) is 0 Å². The Bertz CT molecular complexity index is 716. The van der Waals surface area contributed by atoms with Gasteiger partial charge in [0.2, 0.25) is 8.38 Å². The standard InChI is InChI=1S/C17H19Br2O5P/c1-10(2)13-6-11(4-5-16(13)20)24-17-14(18)7-12(8-15(17)19)23-9-25(21)22-3/h4-8,10,20-21H,9H2,1-3H3. The molecular weight excluding hydrogens is 475 g/mol. The van der Waals surface area contributed by atoms with E-state index in [1.807, 2.05) is 19.9 Å². The lowest BCUT2D eigenvalue weighted by Gasteiger charge is -2.15. The number of phenols is 1. The summed E-state index contributed by atoms with van der Waals surface area (Å²) in [4.78, 5) is 9.45. The Balaban J connectivity index is 2.21. The second-order valence-corrected chi connectivity index (χ2v) is 8.54. The monoisotopic (exact) mass is 492 g/mol. The van der Waals surface area contributed by atoms with Crippen LogP contribution in [-0.2, 0) is 4.52 Å². The van der Waals surface area contributed by atoms with Crippen LogP contribution in [0, 0.1) is 0 Å². The summed E-state index contributed by atoms with van der Waals surface area (Å²) in [5.41, 5.74) is 0.820. The molecule has 0 fully saturated rings. The second-order valence-electron chi connectivity index (χ2n) is 5.50. The summed E-state index contributed by atoms with van der Waals surface area (Å²) in [6.45, 7) is 4.01. The Morgan fingerprint density at radius 1 is 1.08 bits per heavy atom. The van der Waals surface area contributed by atoms with Crippen LogP contribution >= 0.6 is 40.2 Å². The van der Waals surface area contributed by atoms with Crippen molar-refractivity contribution in [1.82, 2.24) is 0 Å². The second kappa shape index (κ2) is 9.19. The highest BCUT2D eigenvalue weighted by Crippen LogP contribution is 2.42. The predicted molar refractivity (Wildman–Crippen MR) is 106 cm³/mol. The largest absolute Gasteiger partial charge is 0.508 e. The van der Waals surface area contributed by atoms with E-state index in [1.165, 1.54) is 7.11 Å². The highest BCUT2D eigenvalue weighted by Gasteiger charge is 2.14. The number of ether oxygens (including phenoxy) is 2. The summed E-state index contributed by atoms with van der Waals surface area (Å²) in [6, 6.07) is 8.66. The first-order chi connectivity index (χ1) is 11.8. The Kier molecular flexibility index (Phi) is 7.52. The zero-order valence-corrected chi connectivity index (χ0v) is 18.1. The molecule has 1 atom stereocenters. The molecule has 0 saturated carbocycles. The molecule has 0 aromatic heterocycles. The van der Waals surface area contributed by atoms with Gasteiger partial charge in [-0.25, -0.2) is 0 Å². The molecule has 136 valence electrons. The molecule has 1 unspecified atom stereocenters. The van der Waals surface area contributed by atoms with Crippen molar-refractivity contribution in [2.75, 3.05) is 13.5 Å². The third-order valence-electron chi connectivity index (χ3n) is 3.37. The van der Waals surface area contributed by atoms with Gasteiger partial charge in [0.25, 0.3) is 0 Å². The third kappa shape index (κ3) is 5.56. The molecule has 0 aliphatic carbocycles. The molecule has 2 aromatic carbocycles. The lowest BCUT2D eigenvalue weighted by Crippen LogP contribution is -1.97. The molecule has 2 rings (SSSR count). The zero-order chi connectivity index (χ0) is 18.6. The van der Waals surface area contributed by atoms with Crippen LogP contribution in [0.25, 0.3) is 0 Å². The van der Waals surface area contributed by atoms with Crippen molar-refractivity contribution in [3.8, 4) is 23.0 Å². The van der Waals surface area contributed by atoms with Gasteiger partial charge in [-0.1, -0.05) is 13.8 Å². The van der Waals surface area contributed by atoms with Crippen molar-refractivity contribution < 1.29 is 24.0 Å². The molecule has 0 aliphatic heterocycles. The highest BCUT2D eigenvalue weighted by atomic mass is 79.9. The van der Waals surface area contributed by atoms with Gasteiger partial charge in [0.1, 0.15) is 17.2 Å². The number of benzene rings is 2. The summed E-state index contributed by atoms with van der Waals surface area (Å²) in [5, 5.41) is 9.92. The van der Waals surface area contributed by atoms with Crippen LogP contribution in [0.2, 0.25) is 0 Å². The molecule has 2 aromatic rings. The van der Waals surface area contributed by atoms with Gasteiger partial charge in [-0.05, 0) is 68.1 Å². The van der Waals surface area contributed by atoms with Crippen LogP contribution in [-0.4, -0.2) is 23.5 Å². The molecular formula is C17H19Br2O5P. The number of aromatic hydroxyl groups is 1. The van der Waals surface area contributed by atoms with Crippen LogP contribution in [0.1, 0.15) is 25.3 Å². The number of hydrogen-bond donors (Lipinski definition) is 2. The first-order valence-electron chi connectivity index (χ1n) is 7.45. The van der Waals surface area contributed by atoms with Crippen LogP contribution in [0.3, 0.4) is 0 Å². The van der Waals surface area contributed by atoms with Crippen molar-refractivity contribution in [3.05, 3.63) is 44.8 Å². The number of rotatable bonds is 7. The van der Waals surface area contributed by atoms with Gasteiger partial charge < -0.3 is 24.0 Å². The smallest absolute Gasteiger partial charge is 0.208 e. The first-order valence-corrected chi connectivity index (χ1v) is 10.4. The van der Waals surface area contributed by atoms with E-state index in [2.05, 4.69) is 31.9 Å². The van der Waals surface area contributed by atoms with Crippen molar-refractivity contribution >= 4 is 40.2 Å².